The second-order valence-electron chi connectivity index (χ2n) is 1.92. The van der Waals surface area contributed by atoms with Gasteiger partial charge < -0.3 is 5.32 Å². The Bertz CT molecular complexity index is 109. The molecule has 0 aliphatic carbocycles. The molecule has 0 fully saturated rings. The summed E-state index contributed by atoms with van der Waals surface area (Å²) < 4.78 is 0. The quantitative estimate of drug-likeness (QED) is 0.562. The predicted molar refractivity (Wildman–Crippen MR) is 38.0 cm³/mol. The van der Waals surface area contributed by atoms with E-state index in [2.05, 4.69) is 11.9 Å². The minimum Gasteiger partial charge on any atom is -0.356 e. The van der Waals surface area contributed by atoms with Crippen LogP contribution in [-0.2, 0) is 4.79 Å². The van der Waals surface area contributed by atoms with E-state index in [1.807, 2.05) is 13.8 Å². The Labute approximate surface area is 56.0 Å². The van der Waals surface area contributed by atoms with E-state index in [0.29, 0.717) is 6.54 Å². The van der Waals surface area contributed by atoms with E-state index in [1.54, 1.807) is 6.08 Å². The van der Waals surface area contributed by atoms with Gasteiger partial charge in [-0.05, 0) is 6.92 Å². The lowest BCUT2D eigenvalue weighted by molar-refractivity contribution is -0.123. The van der Waals surface area contributed by atoms with Crippen LogP contribution in [0.4, 0.5) is 0 Å². The second kappa shape index (κ2) is 4.13. The summed E-state index contributed by atoms with van der Waals surface area (Å²) in [5, 5.41) is 2.69. The van der Waals surface area contributed by atoms with Crippen molar-refractivity contribution < 1.29 is 4.79 Å². The summed E-state index contributed by atoms with van der Waals surface area (Å²) in [5.74, 6) is -0.0162. The highest BCUT2D eigenvalue weighted by atomic mass is 16.1. The van der Waals surface area contributed by atoms with Crippen molar-refractivity contribution in [2.75, 3.05) is 6.54 Å². The summed E-state index contributed by atoms with van der Waals surface area (Å²) in [7, 11) is 0. The summed E-state index contributed by atoms with van der Waals surface area (Å²) in [4.78, 5) is 10.8. The number of carbonyl (C=O) groups excluding carboxylic acids is 1. The predicted octanol–water partition coefficient (Wildman–Crippen LogP) is 0.945. The van der Waals surface area contributed by atoms with Crippen LogP contribution in [0.2, 0.25) is 0 Å². The average molecular weight is 127 g/mol. The van der Waals surface area contributed by atoms with Gasteiger partial charge in [-0.15, -0.1) is 6.58 Å². The lowest BCUT2D eigenvalue weighted by Gasteiger charge is -2.03. The van der Waals surface area contributed by atoms with Crippen molar-refractivity contribution in [1.82, 2.24) is 5.32 Å². The maximum absolute atomic E-state index is 10.8. The van der Waals surface area contributed by atoms with Crippen LogP contribution >= 0.6 is 0 Å². The first kappa shape index (κ1) is 8.21. The Balaban J connectivity index is 3.58. The average Bonchev–Trinajstić information content (AvgIpc) is 1.87. The van der Waals surface area contributed by atoms with E-state index < -0.39 is 0 Å². The van der Waals surface area contributed by atoms with Crippen LogP contribution in [0.15, 0.2) is 12.7 Å². The summed E-state index contributed by atoms with van der Waals surface area (Å²) in [5.41, 5.74) is 0. The number of rotatable bonds is 3. The topological polar surface area (TPSA) is 29.1 Å². The van der Waals surface area contributed by atoms with Gasteiger partial charge in [-0.2, -0.15) is 0 Å². The third-order valence-electron chi connectivity index (χ3n) is 1.12. The molecule has 0 radical (unpaired) electrons. The normalized spacial score (nSPS) is 12.2. The highest BCUT2D eigenvalue weighted by Gasteiger charge is 2.04. The van der Waals surface area contributed by atoms with E-state index >= 15 is 0 Å². The third-order valence-corrected chi connectivity index (χ3v) is 1.12. The Hall–Kier alpha value is -0.790. The monoisotopic (exact) mass is 127 g/mol. The second-order valence-corrected chi connectivity index (χ2v) is 1.92. The van der Waals surface area contributed by atoms with Crippen molar-refractivity contribution in [2.24, 2.45) is 5.92 Å². The number of carbonyl (C=O) groups is 1. The van der Waals surface area contributed by atoms with E-state index in [1.165, 1.54) is 0 Å². The summed E-state index contributed by atoms with van der Waals surface area (Å²) >= 11 is 0. The summed E-state index contributed by atoms with van der Waals surface area (Å²) in [6.45, 7) is 7.91. The van der Waals surface area contributed by atoms with E-state index in [-0.39, 0.29) is 11.8 Å². The Morgan fingerprint density at radius 1 is 1.89 bits per heavy atom. The fourth-order valence-corrected chi connectivity index (χ4v) is 0.442. The highest BCUT2D eigenvalue weighted by molar-refractivity contribution is 5.79. The molecule has 0 heterocycles. The molecule has 52 valence electrons. The van der Waals surface area contributed by atoms with Crippen LogP contribution in [0, 0.1) is 5.92 Å². The van der Waals surface area contributed by atoms with Crippen molar-refractivity contribution in [3.63, 3.8) is 0 Å². The zero-order valence-corrected chi connectivity index (χ0v) is 5.98. The molecular weight excluding hydrogens is 114 g/mol. The maximum Gasteiger partial charge on any atom is 0.226 e. The molecule has 0 rings (SSSR count). The van der Waals surface area contributed by atoms with Gasteiger partial charge in [-0.3, -0.25) is 4.79 Å². The first-order valence-corrected chi connectivity index (χ1v) is 3.12. The lowest BCUT2D eigenvalue weighted by atomic mass is 10.2. The molecule has 0 aromatic heterocycles. The zero-order valence-electron chi connectivity index (χ0n) is 5.98. The maximum atomic E-state index is 10.8. The first-order chi connectivity index (χ1) is 4.22. The molecule has 0 aliphatic rings. The summed E-state index contributed by atoms with van der Waals surface area (Å²) in [6.07, 6.45) is 1.63. The number of amides is 1. The van der Waals surface area contributed by atoms with Crippen molar-refractivity contribution in [1.29, 1.82) is 0 Å². The lowest BCUT2D eigenvalue weighted by Crippen LogP contribution is -2.27. The molecule has 0 saturated heterocycles. The SMILES string of the molecule is C=CC(C)C(=O)NCC. The van der Waals surface area contributed by atoms with Gasteiger partial charge in [0.15, 0.2) is 0 Å². The molecule has 1 N–H and O–H groups in total. The third kappa shape index (κ3) is 2.90. The minimum atomic E-state index is -0.0649. The van der Waals surface area contributed by atoms with Crippen LogP contribution in [-0.4, -0.2) is 12.5 Å². The molecule has 2 heteroatoms. The Kier molecular flexibility index (Phi) is 3.76. The van der Waals surface area contributed by atoms with Gasteiger partial charge in [0, 0.05) is 6.54 Å². The molecule has 9 heavy (non-hydrogen) atoms. The molecule has 0 aromatic rings. The smallest absolute Gasteiger partial charge is 0.226 e. The van der Waals surface area contributed by atoms with Gasteiger partial charge in [-0.1, -0.05) is 13.0 Å². The minimum absolute atomic E-state index is 0.0486. The van der Waals surface area contributed by atoms with E-state index in [9.17, 15) is 4.79 Å². The van der Waals surface area contributed by atoms with Gasteiger partial charge in [0.25, 0.3) is 0 Å². The molecule has 0 aromatic carbocycles. The Morgan fingerprint density at radius 2 is 2.44 bits per heavy atom. The van der Waals surface area contributed by atoms with E-state index in [4.69, 9.17) is 0 Å². The highest BCUT2D eigenvalue weighted by Crippen LogP contribution is 1.93. The first-order valence-electron chi connectivity index (χ1n) is 3.12. The fraction of sp³-hybridized carbons (Fsp3) is 0.571. The molecule has 1 amide bonds. The number of hydrogen-bond acceptors (Lipinski definition) is 1. The zero-order chi connectivity index (χ0) is 7.28. The van der Waals surface area contributed by atoms with Crippen LogP contribution in [0.5, 0.6) is 0 Å². The molecule has 0 saturated carbocycles. The van der Waals surface area contributed by atoms with Gasteiger partial charge in [0.1, 0.15) is 0 Å². The van der Waals surface area contributed by atoms with Crippen LogP contribution in [0.25, 0.3) is 0 Å². The largest absolute Gasteiger partial charge is 0.356 e. The van der Waals surface area contributed by atoms with Crippen LogP contribution in [0.3, 0.4) is 0 Å². The number of hydrogen-bond donors (Lipinski definition) is 1. The molecular formula is C7H13NO. The molecule has 1 unspecified atom stereocenters. The fourth-order valence-electron chi connectivity index (χ4n) is 0.442. The van der Waals surface area contributed by atoms with Crippen LogP contribution < -0.4 is 5.32 Å². The van der Waals surface area contributed by atoms with Crippen LogP contribution in [0.1, 0.15) is 13.8 Å². The van der Waals surface area contributed by atoms with Crippen molar-refractivity contribution in [2.45, 2.75) is 13.8 Å². The van der Waals surface area contributed by atoms with Gasteiger partial charge in [0.05, 0.1) is 5.92 Å². The van der Waals surface area contributed by atoms with Crippen molar-refractivity contribution >= 4 is 5.91 Å². The molecule has 2 nitrogen and oxygen atoms in total. The molecule has 0 spiro atoms. The molecule has 0 bridgehead atoms. The van der Waals surface area contributed by atoms with Gasteiger partial charge in [-0.25, -0.2) is 0 Å². The molecule has 0 aliphatic heterocycles. The number of nitrogens with one attached hydrogen (secondary N) is 1. The molecule has 1 atom stereocenters. The van der Waals surface area contributed by atoms with E-state index in [0.717, 1.165) is 0 Å². The van der Waals surface area contributed by atoms with Crippen molar-refractivity contribution in [3.05, 3.63) is 12.7 Å². The van der Waals surface area contributed by atoms with Crippen molar-refractivity contribution in [3.8, 4) is 0 Å². The van der Waals surface area contributed by atoms with Gasteiger partial charge in [0.2, 0.25) is 5.91 Å². The summed E-state index contributed by atoms with van der Waals surface area (Å²) in [6, 6.07) is 0. The standard InChI is InChI=1S/C7H13NO/c1-4-6(3)7(9)8-5-2/h4,6H,1,5H2,2-3H3,(H,8,9). The van der Waals surface area contributed by atoms with Gasteiger partial charge >= 0.3 is 0 Å². The Morgan fingerprint density at radius 3 is 2.78 bits per heavy atom.